The Kier molecular flexibility index (Phi) is 8.52. The second-order valence-electron chi connectivity index (χ2n) is 6.77. The fraction of sp³-hybridized carbons (Fsp3) is 0.333. The number of rotatable bonds is 5. The quantitative estimate of drug-likeness (QED) is 0.691. The van der Waals surface area contributed by atoms with Crippen LogP contribution in [0, 0.1) is 0 Å². The highest BCUT2D eigenvalue weighted by Crippen LogP contribution is 2.18. The molecule has 0 unspecified atom stereocenters. The SMILES string of the molecule is CCc1ccc(CN2CCN(S(=O)(=O)c3ccccc3)CC2)cc1.O=C(O)C(=O)O. The molecule has 0 radical (unpaired) electrons. The van der Waals surface area contributed by atoms with Gasteiger partial charge < -0.3 is 10.2 Å². The molecule has 1 fully saturated rings. The Morgan fingerprint density at radius 2 is 1.33 bits per heavy atom. The molecule has 2 aromatic rings. The van der Waals surface area contributed by atoms with Gasteiger partial charge in [-0.25, -0.2) is 18.0 Å². The fourth-order valence-corrected chi connectivity index (χ4v) is 4.45. The third-order valence-electron chi connectivity index (χ3n) is 4.73. The van der Waals surface area contributed by atoms with Gasteiger partial charge in [-0.3, -0.25) is 4.90 Å². The molecule has 1 heterocycles. The van der Waals surface area contributed by atoms with Crippen LogP contribution in [0.5, 0.6) is 0 Å². The number of aliphatic carboxylic acids is 2. The van der Waals surface area contributed by atoms with Crippen LogP contribution in [0.4, 0.5) is 0 Å². The van der Waals surface area contributed by atoms with E-state index in [4.69, 9.17) is 19.8 Å². The Morgan fingerprint density at radius 3 is 1.80 bits per heavy atom. The molecule has 1 aliphatic heterocycles. The van der Waals surface area contributed by atoms with E-state index in [1.165, 1.54) is 11.1 Å². The van der Waals surface area contributed by atoms with E-state index in [9.17, 15) is 8.42 Å². The van der Waals surface area contributed by atoms with Gasteiger partial charge in [0, 0.05) is 32.7 Å². The number of sulfonamides is 1. The highest BCUT2D eigenvalue weighted by Gasteiger charge is 2.28. The first-order chi connectivity index (χ1) is 14.2. The summed E-state index contributed by atoms with van der Waals surface area (Å²) in [5.41, 5.74) is 2.63. The van der Waals surface area contributed by atoms with Crippen molar-refractivity contribution in [1.82, 2.24) is 9.21 Å². The van der Waals surface area contributed by atoms with Crippen LogP contribution in [0.1, 0.15) is 18.1 Å². The van der Waals surface area contributed by atoms with Gasteiger partial charge in [0.25, 0.3) is 0 Å². The molecule has 0 spiro atoms. The molecule has 162 valence electrons. The lowest BCUT2D eigenvalue weighted by Gasteiger charge is -2.34. The van der Waals surface area contributed by atoms with Crippen molar-refractivity contribution in [2.45, 2.75) is 24.8 Å². The summed E-state index contributed by atoms with van der Waals surface area (Å²) in [7, 11) is -3.36. The summed E-state index contributed by atoms with van der Waals surface area (Å²) in [6.07, 6.45) is 1.05. The Morgan fingerprint density at radius 1 is 0.833 bits per heavy atom. The molecule has 0 bridgehead atoms. The van der Waals surface area contributed by atoms with Gasteiger partial charge in [-0.15, -0.1) is 0 Å². The van der Waals surface area contributed by atoms with Crippen molar-refractivity contribution in [3.05, 3.63) is 65.7 Å². The van der Waals surface area contributed by atoms with Crippen molar-refractivity contribution in [3.63, 3.8) is 0 Å². The smallest absolute Gasteiger partial charge is 0.414 e. The van der Waals surface area contributed by atoms with E-state index in [0.717, 1.165) is 26.1 Å². The maximum absolute atomic E-state index is 12.6. The van der Waals surface area contributed by atoms with Gasteiger partial charge in [0.05, 0.1) is 4.90 Å². The number of carboxylic acid groups (broad SMARTS) is 2. The van der Waals surface area contributed by atoms with Crippen LogP contribution in [0.15, 0.2) is 59.5 Å². The highest BCUT2D eigenvalue weighted by atomic mass is 32.2. The molecule has 0 aromatic heterocycles. The topological polar surface area (TPSA) is 115 Å². The van der Waals surface area contributed by atoms with Crippen molar-refractivity contribution in [1.29, 1.82) is 0 Å². The maximum Gasteiger partial charge on any atom is 0.414 e. The molecule has 0 amide bonds. The van der Waals surface area contributed by atoms with Crippen molar-refractivity contribution in [2.75, 3.05) is 26.2 Å². The molecule has 0 atom stereocenters. The van der Waals surface area contributed by atoms with Crippen LogP contribution in [-0.4, -0.2) is 66.0 Å². The van der Waals surface area contributed by atoms with E-state index in [1.54, 1.807) is 28.6 Å². The Labute approximate surface area is 176 Å². The number of hydrogen-bond donors (Lipinski definition) is 2. The van der Waals surface area contributed by atoms with Crippen LogP contribution in [0.2, 0.25) is 0 Å². The maximum atomic E-state index is 12.6. The molecule has 3 rings (SSSR count). The van der Waals surface area contributed by atoms with Gasteiger partial charge in [0.15, 0.2) is 0 Å². The van der Waals surface area contributed by atoms with Crippen LogP contribution < -0.4 is 0 Å². The number of hydrogen-bond acceptors (Lipinski definition) is 5. The third kappa shape index (κ3) is 6.65. The summed E-state index contributed by atoms with van der Waals surface area (Å²) in [5, 5.41) is 14.8. The molecule has 9 heteroatoms. The van der Waals surface area contributed by atoms with Crippen molar-refractivity contribution < 1.29 is 28.2 Å². The average molecular weight is 435 g/mol. The first-order valence-corrected chi connectivity index (χ1v) is 11.0. The fourth-order valence-electron chi connectivity index (χ4n) is 3.01. The summed E-state index contributed by atoms with van der Waals surface area (Å²) in [6.45, 7) is 5.66. The van der Waals surface area contributed by atoms with Crippen LogP contribution in [-0.2, 0) is 32.6 Å². The van der Waals surface area contributed by atoms with Crippen molar-refractivity contribution in [3.8, 4) is 0 Å². The Bertz CT molecular complexity index is 925. The number of carbonyl (C=O) groups is 2. The van der Waals surface area contributed by atoms with Gasteiger partial charge in [-0.1, -0.05) is 49.4 Å². The van der Waals surface area contributed by atoms with E-state index in [2.05, 4.69) is 36.1 Å². The Balaban J connectivity index is 0.000000469. The normalized spacial score (nSPS) is 15.1. The lowest BCUT2D eigenvalue weighted by molar-refractivity contribution is -0.159. The zero-order valence-corrected chi connectivity index (χ0v) is 17.6. The Hall–Kier alpha value is -2.75. The second-order valence-corrected chi connectivity index (χ2v) is 8.71. The van der Waals surface area contributed by atoms with Gasteiger partial charge in [-0.2, -0.15) is 4.31 Å². The number of aryl methyl sites for hydroxylation is 1. The summed E-state index contributed by atoms with van der Waals surface area (Å²) in [5.74, 6) is -3.65. The summed E-state index contributed by atoms with van der Waals surface area (Å²) >= 11 is 0. The zero-order valence-electron chi connectivity index (χ0n) is 16.8. The molecule has 1 aliphatic rings. The van der Waals surface area contributed by atoms with E-state index < -0.39 is 22.0 Å². The number of benzene rings is 2. The molecular formula is C21H26N2O6S. The monoisotopic (exact) mass is 434 g/mol. The average Bonchev–Trinajstić information content (AvgIpc) is 2.75. The minimum Gasteiger partial charge on any atom is -0.473 e. The predicted molar refractivity (Wildman–Crippen MR) is 112 cm³/mol. The number of nitrogens with zero attached hydrogens (tertiary/aromatic N) is 2. The molecule has 0 aliphatic carbocycles. The molecule has 8 nitrogen and oxygen atoms in total. The standard InChI is InChI=1S/C19H24N2O2S.C2H2O4/c1-2-17-8-10-18(11-9-17)16-20-12-14-21(15-13-20)24(22,23)19-6-4-3-5-7-19;3-1(4)2(5)6/h3-11H,2,12-16H2,1H3;(H,3,4)(H,5,6). The highest BCUT2D eigenvalue weighted by molar-refractivity contribution is 7.89. The van der Waals surface area contributed by atoms with Gasteiger partial charge in [-0.05, 0) is 29.7 Å². The van der Waals surface area contributed by atoms with E-state index >= 15 is 0 Å². The predicted octanol–water partition coefficient (Wildman–Crippen LogP) is 1.91. The minimum absolute atomic E-state index is 0.383. The van der Waals surface area contributed by atoms with Crippen LogP contribution >= 0.6 is 0 Å². The first-order valence-electron chi connectivity index (χ1n) is 9.55. The second kappa shape index (κ2) is 10.9. The number of carboxylic acids is 2. The zero-order chi connectivity index (χ0) is 22.1. The van der Waals surface area contributed by atoms with E-state index in [1.807, 2.05) is 6.07 Å². The van der Waals surface area contributed by atoms with Crippen LogP contribution in [0.3, 0.4) is 0 Å². The lowest BCUT2D eigenvalue weighted by Crippen LogP contribution is -2.48. The molecule has 0 saturated carbocycles. The first kappa shape index (κ1) is 23.5. The number of piperazine rings is 1. The minimum atomic E-state index is -3.36. The van der Waals surface area contributed by atoms with Crippen LogP contribution in [0.25, 0.3) is 0 Å². The summed E-state index contributed by atoms with van der Waals surface area (Å²) in [4.78, 5) is 20.9. The molecule has 2 aromatic carbocycles. The van der Waals surface area contributed by atoms with Gasteiger partial charge in [0.2, 0.25) is 10.0 Å². The van der Waals surface area contributed by atoms with Crippen molar-refractivity contribution in [2.24, 2.45) is 0 Å². The lowest BCUT2D eigenvalue weighted by atomic mass is 10.1. The van der Waals surface area contributed by atoms with E-state index in [0.29, 0.717) is 18.0 Å². The van der Waals surface area contributed by atoms with Gasteiger partial charge in [0.1, 0.15) is 0 Å². The van der Waals surface area contributed by atoms with Crippen molar-refractivity contribution >= 4 is 22.0 Å². The molecule has 2 N–H and O–H groups in total. The summed E-state index contributed by atoms with van der Waals surface area (Å²) in [6, 6.07) is 17.4. The summed E-state index contributed by atoms with van der Waals surface area (Å²) < 4.78 is 26.9. The third-order valence-corrected chi connectivity index (χ3v) is 6.65. The van der Waals surface area contributed by atoms with E-state index in [-0.39, 0.29) is 0 Å². The largest absolute Gasteiger partial charge is 0.473 e. The molecular weight excluding hydrogens is 408 g/mol. The van der Waals surface area contributed by atoms with Gasteiger partial charge >= 0.3 is 11.9 Å². The molecule has 1 saturated heterocycles. The molecule has 30 heavy (non-hydrogen) atoms.